The molecule has 4 rings (SSSR count). The largest absolute Gasteiger partial charge is 0.507 e. The highest BCUT2D eigenvalue weighted by molar-refractivity contribution is 6.31. The number of anilines is 1. The number of hydrogen-bond donors (Lipinski definition) is 3. The van der Waals surface area contributed by atoms with Crippen LogP contribution in [-0.4, -0.2) is 44.8 Å². The second-order valence-corrected chi connectivity index (χ2v) is 9.26. The van der Waals surface area contributed by atoms with Gasteiger partial charge in [0.25, 0.3) is 5.56 Å². The highest BCUT2D eigenvalue weighted by Gasteiger charge is 2.27. The second-order valence-electron chi connectivity index (χ2n) is 8.83. The highest BCUT2D eigenvalue weighted by Crippen LogP contribution is 2.33. The summed E-state index contributed by atoms with van der Waals surface area (Å²) in [5.41, 5.74) is 0.763. The molecule has 10 nitrogen and oxygen atoms in total. The number of aromatic carboxylic acids is 1. The van der Waals surface area contributed by atoms with Crippen molar-refractivity contribution < 1.29 is 29.3 Å². The molecule has 1 heterocycles. The van der Waals surface area contributed by atoms with Gasteiger partial charge in [-0.25, -0.2) is 9.48 Å². The zero-order chi connectivity index (χ0) is 29.0. The van der Waals surface area contributed by atoms with E-state index in [9.17, 15) is 24.3 Å². The smallest absolute Gasteiger partial charge is 0.339 e. The Morgan fingerprint density at radius 1 is 1.00 bits per heavy atom. The van der Waals surface area contributed by atoms with E-state index in [4.69, 9.17) is 21.4 Å². The van der Waals surface area contributed by atoms with Gasteiger partial charge in [0.05, 0.1) is 12.7 Å². The maximum absolute atomic E-state index is 13.5. The Morgan fingerprint density at radius 2 is 1.70 bits per heavy atom. The molecule has 0 aliphatic rings. The minimum Gasteiger partial charge on any atom is -0.507 e. The zero-order valence-corrected chi connectivity index (χ0v) is 22.2. The second kappa shape index (κ2) is 11.8. The van der Waals surface area contributed by atoms with Gasteiger partial charge in [-0.1, -0.05) is 41.9 Å². The van der Waals surface area contributed by atoms with Crippen LogP contribution in [0.25, 0.3) is 11.1 Å². The molecule has 1 amide bonds. The van der Waals surface area contributed by atoms with Gasteiger partial charge in [-0.3, -0.25) is 14.4 Å². The molecule has 0 bridgehead atoms. The van der Waals surface area contributed by atoms with E-state index in [1.807, 2.05) is 6.07 Å². The topological polar surface area (TPSA) is 148 Å². The summed E-state index contributed by atoms with van der Waals surface area (Å²) in [6.45, 7) is 1.38. The quantitative estimate of drug-likeness (QED) is 0.251. The molecule has 1 atom stereocenters. The number of benzene rings is 3. The summed E-state index contributed by atoms with van der Waals surface area (Å²) in [6.07, 6.45) is 0.0666. The summed E-state index contributed by atoms with van der Waals surface area (Å²) in [7, 11) is 1.34. The molecule has 3 aromatic carbocycles. The first-order valence-corrected chi connectivity index (χ1v) is 12.4. The number of aromatic nitrogens is 2. The van der Waals surface area contributed by atoms with Crippen LogP contribution in [0, 0.1) is 0 Å². The van der Waals surface area contributed by atoms with E-state index in [2.05, 4.69) is 10.4 Å². The van der Waals surface area contributed by atoms with Gasteiger partial charge in [0.2, 0.25) is 11.8 Å². The minimum atomic E-state index is -1.33. The molecular formula is C29H24ClN3O7. The molecule has 204 valence electrons. The fourth-order valence-corrected chi connectivity index (χ4v) is 4.38. The molecule has 0 spiro atoms. The number of nitrogens with zero attached hydrogens (tertiary/aromatic N) is 2. The Kier molecular flexibility index (Phi) is 8.30. The summed E-state index contributed by atoms with van der Waals surface area (Å²) >= 11 is 6.18. The van der Waals surface area contributed by atoms with Crippen LogP contribution in [0.15, 0.2) is 77.6 Å². The molecular weight excluding hydrogens is 538 g/mol. The summed E-state index contributed by atoms with van der Waals surface area (Å²) in [5, 5.41) is 26.5. The number of rotatable bonds is 9. The Bertz CT molecular complexity index is 1670. The van der Waals surface area contributed by atoms with Crippen LogP contribution in [0.3, 0.4) is 0 Å². The Hall–Kier alpha value is -4.96. The lowest BCUT2D eigenvalue weighted by molar-refractivity contribution is -0.119. The number of nitrogens with one attached hydrogen (secondary N) is 1. The normalized spacial score (nSPS) is 11.5. The Balaban J connectivity index is 1.80. The monoisotopic (exact) mass is 561 g/mol. The average molecular weight is 562 g/mol. The fourth-order valence-electron chi connectivity index (χ4n) is 4.21. The fraction of sp³-hybridized carbons (Fsp3) is 0.138. The number of ether oxygens (including phenoxy) is 1. The summed E-state index contributed by atoms with van der Waals surface area (Å²) in [4.78, 5) is 50.5. The molecule has 0 saturated carbocycles. The maximum atomic E-state index is 13.5. The first kappa shape index (κ1) is 28.1. The Morgan fingerprint density at radius 3 is 2.33 bits per heavy atom. The molecule has 0 aliphatic carbocycles. The number of methoxy groups -OCH3 is 1. The van der Waals surface area contributed by atoms with E-state index >= 15 is 0 Å². The average Bonchev–Trinajstić information content (AvgIpc) is 2.92. The molecule has 4 aromatic rings. The Labute approximate surface area is 233 Å². The van der Waals surface area contributed by atoms with E-state index < -0.39 is 29.2 Å². The van der Waals surface area contributed by atoms with E-state index in [0.29, 0.717) is 16.1 Å². The van der Waals surface area contributed by atoms with Crippen molar-refractivity contribution in [1.29, 1.82) is 0 Å². The molecule has 1 aromatic heterocycles. The number of ketones is 1. The van der Waals surface area contributed by atoms with Crippen LogP contribution in [-0.2, 0) is 11.2 Å². The lowest BCUT2D eigenvalue weighted by atomic mass is 9.98. The van der Waals surface area contributed by atoms with Crippen LogP contribution < -0.4 is 15.6 Å². The molecule has 0 fully saturated rings. The van der Waals surface area contributed by atoms with Gasteiger partial charge in [0.15, 0.2) is 5.78 Å². The van der Waals surface area contributed by atoms with E-state index in [1.165, 1.54) is 32.2 Å². The molecule has 3 N–H and O–H groups in total. The van der Waals surface area contributed by atoms with Crippen molar-refractivity contribution in [2.45, 2.75) is 19.4 Å². The lowest BCUT2D eigenvalue weighted by Gasteiger charge is -2.20. The van der Waals surface area contributed by atoms with Crippen LogP contribution in [0.1, 0.15) is 39.2 Å². The zero-order valence-electron chi connectivity index (χ0n) is 21.4. The van der Waals surface area contributed by atoms with Crippen molar-refractivity contribution in [2.24, 2.45) is 0 Å². The van der Waals surface area contributed by atoms with Crippen LogP contribution >= 0.6 is 11.6 Å². The first-order valence-electron chi connectivity index (χ1n) is 12.0. The van der Waals surface area contributed by atoms with Gasteiger partial charge in [-0.05, 0) is 48.4 Å². The summed E-state index contributed by atoms with van der Waals surface area (Å²) < 4.78 is 6.45. The van der Waals surface area contributed by atoms with Gasteiger partial charge in [-0.2, -0.15) is 0 Å². The van der Waals surface area contributed by atoms with Crippen molar-refractivity contribution in [3.05, 3.63) is 105 Å². The standard InChI is InChI=1S/C29H24ClN3O7/c1-16(34)20-10-8-18(30)13-22(20)23-15-26(36)33(32-28(23)40-2)24(12-17-6-4-3-5-7-17)27(37)31-19-9-11-21(29(38)39)25(35)14-19/h3-11,13-15,24,35H,12H2,1-2H3,(H,31,37)(H,38,39). The number of carboxylic acid groups (broad SMARTS) is 1. The number of amides is 1. The number of Topliss-reactive ketones (excluding diaryl/α,β-unsaturated/α-hetero) is 1. The summed E-state index contributed by atoms with van der Waals surface area (Å²) in [5.74, 6) is -2.78. The highest BCUT2D eigenvalue weighted by atomic mass is 35.5. The number of phenols is 1. The first-order chi connectivity index (χ1) is 19.1. The van der Waals surface area contributed by atoms with Crippen molar-refractivity contribution in [3.8, 4) is 22.8 Å². The number of halogens is 1. The predicted octanol–water partition coefficient (Wildman–Crippen LogP) is 4.60. The molecule has 1 unspecified atom stereocenters. The predicted molar refractivity (Wildman–Crippen MR) is 148 cm³/mol. The molecule has 0 aliphatic heterocycles. The maximum Gasteiger partial charge on any atom is 0.339 e. The number of carbonyl (C=O) groups excluding carboxylic acids is 2. The SMILES string of the molecule is COc1nn(C(Cc2ccccc2)C(=O)Nc2ccc(C(=O)O)c(O)c2)c(=O)cc1-c1cc(Cl)ccc1C(C)=O. The van der Waals surface area contributed by atoms with Crippen LogP contribution in [0.5, 0.6) is 11.6 Å². The van der Waals surface area contributed by atoms with Gasteiger partial charge in [-0.15, -0.1) is 5.10 Å². The van der Waals surface area contributed by atoms with Gasteiger partial charge >= 0.3 is 5.97 Å². The van der Waals surface area contributed by atoms with Crippen LogP contribution in [0.2, 0.25) is 5.02 Å². The third-order valence-electron chi connectivity index (χ3n) is 6.13. The number of aromatic hydroxyl groups is 1. The number of carbonyl (C=O) groups is 3. The van der Waals surface area contributed by atoms with Crippen LogP contribution in [0.4, 0.5) is 5.69 Å². The lowest BCUT2D eigenvalue weighted by Crippen LogP contribution is -2.36. The van der Waals surface area contributed by atoms with Gasteiger partial charge < -0.3 is 20.3 Å². The molecule has 0 radical (unpaired) electrons. The van der Waals surface area contributed by atoms with Crippen molar-refractivity contribution in [1.82, 2.24) is 9.78 Å². The van der Waals surface area contributed by atoms with E-state index in [1.54, 1.807) is 36.4 Å². The van der Waals surface area contributed by atoms with Gasteiger partial charge in [0, 0.05) is 34.8 Å². The van der Waals surface area contributed by atoms with E-state index in [0.717, 1.165) is 22.4 Å². The number of carboxylic acids is 1. The summed E-state index contributed by atoms with van der Waals surface area (Å²) in [6, 6.07) is 17.2. The number of hydrogen-bond acceptors (Lipinski definition) is 7. The molecule has 11 heteroatoms. The van der Waals surface area contributed by atoms with Crippen molar-refractivity contribution in [2.75, 3.05) is 12.4 Å². The van der Waals surface area contributed by atoms with Crippen molar-refractivity contribution >= 4 is 34.9 Å². The molecule has 40 heavy (non-hydrogen) atoms. The minimum absolute atomic E-state index is 0.0151. The van der Waals surface area contributed by atoms with E-state index in [-0.39, 0.29) is 34.9 Å². The third kappa shape index (κ3) is 6.02. The van der Waals surface area contributed by atoms with Gasteiger partial charge in [0.1, 0.15) is 17.4 Å². The molecule has 0 saturated heterocycles. The third-order valence-corrected chi connectivity index (χ3v) is 6.37. The van der Waals surface area contributed by atoms with Crippen molar-refractivity contribution in [3.63, 3.8) is 0 Å².